The normalized spacial score (nSPS) is 15.2. The van der Waals surface area contributed by atoms with Crippen molar-refractivity contribution in [1.82, 2.24) is 4.98 Å². The molecule has 2 nitrogen and oxygen atoms in total. The van der Waals surface area contributed by atoms with Crippen molar-refractivity contribution < 1.29 is 4.74 Å². The van der Waals surface area contributed by atoms with E-state index in [2.05, 4.69) is 39.0 Å². The third-order valence-electron chi connectivity index (χ3n) is 3.31. The number of para-hydroxylation sites is 1. The zero-order valence-corrected chi connectivity index (χ0v) is 10.6. The van der Waals surface area contributed by atoms with E-state index in [0.29, 0.717) is 13.2 Å². The third-order valence-corrected chi connectivity index (χ3v) is 3.31. The number of pyridine rings is 1. The van der Waals surface area contributed by atoms with E-state index in [1.165, 1.54) is 16.5 Å². The Balaban J connectivity index is 2.43. The van der Waals surface area contributed by atoms with E-state index >= 15 is 0 Å². The first-order chi connectivity index (χ1) is 8.07. The number of rotatable bonds is 0. The summed E-state index contributed by atoms with van der Waals surface area (Å²) in [6, 6.07) is 8.39. The SMILES string of the molecule is CC(C)(C)c1c2c(nc3ccccc13)COC2. The lowest BCUT2D eigenvalue weighted by atomic mass is 9.81. The van der Waals surface area contributed by atoms with Crippen molar-refractivity contribution in [3.63, 3.8) is 0 Å². The Labute approximate surface area is 102 Å². The van der Waals surface area contributed by atoms with Crippen LogP contribution in [0.25, 0.3) is 10.9 Å². The Hall–Kier alpha value is -1.41. The molecule has 1 aromatic carbocycles. The van der Waals surface area contributed by atoms with E-state index in [4.69, 9.17) is 9.72 Å². The van der Waals surface area contributed by atoms with Gasteiger partial charge in [-0.2, -0.15) is 0 Å². The summed E-state index contributed by atoms with van der Waals surface area (Å²) in [5.74, 6) is 0. The van der Waals surface area contributed by atoms with Crippen LogP contribution in [0.1, 0.15) is 37.6 Å². The van der Waals surface area contributed by atoms with Crippen LogP contribution in [0.5, 0.6) is 0 Å². The molecular weight excluding hydrogens is 210 g/mol. The molecule has 0 amide bonds. The van der Waals surface area contributed by atoms with Crippen LogP contribution in [0.15, 0.2) is 24.3 Å². The summed E-state index contributed by atoms with van der Waals surface area (Å²) >= 11 is 0. The largest absolute Gasteiger partial charge is 0.370 e. The van der Waals surface area contributed by atoms with Crippen molar-refractivity contribution in [1.29, 1.82) is 0 Å². The van der Waals surface area contributed by atoms with Gasteiger partial charge in [-0.25, -0.2) is 4.98 Å². The van der Waals surface area contributed by atoms with Crippen LogP contribution in [-0.4, -0.2) is 4.98 Å². The van der Waals surface area contributed by atoms with Crippen LogP contribution >= 0.6 is 0 Å². The van der Waals surface area contributed by atoms with Gasteiger partial charge in [0.1, 0.15) is 0 Å². The number of fused-ring (bicyclic) bond motifs is 2. The smallest absolute Gasteiger partial charge is 0.0896 e. The molecule has 0 bridgehead atoms. The molecule has 0 aliphatic carbocycles. The number of hydrogen-bond acceptors (Lipinski definition) is 2. The van der Waals surface area contributed by atoms with Crippen LogP contribution in [0.2, 0.25) is 0 Å². The number of aromatic nitrogens is 1. The van der Waals surface area contributed by atoms with Crippen molar-refractivity contribution in [3.8, 4) is 0 Å². The van der Waals surface area contributed by atoms with Gasteiger partial charge in [0.2, 0.25) is 0 Å². The molecule has 0 fully saturated rings. The van der Waals surface area contributed by atoms with E-state index in [9.17, 15) is 0 Å². The maximum atomic E-state index is 5.56. The zero-order chi connectivity index (χ0) is 12.0. The van der Waals surface area contributed by atoms with E-state index in [1.54, 1.807) is 0 Å². The van der Waals surface area contributed by atoms with Crippen molar-refractivity contribution in [2.75, 3.05) is 0 Å². The van der Waals surface area contributed by atoms with E-state index in [1.807, 2.05) is 6.07 Å². The number of ether oxygens (including phenoxy) is 1. The second-order valence-electron chi connectivity index (χ2n) is 5.67. The van der Waals surface area contributed by atoms with Gasteiger partial charge in [-0.3, -0.25) is 0 Å². The van der Waals surface area contributed by atoms with Gasteiger partial charge >= 0.3 is 0 Å². The highest BCUT2D eigenvalue weighted by Crippen LogP contribution is 2.36. The van der Waals surface area contributed by atoms with E-state index in [0.717, 1.165) is 11.2 Å². The molecule has 0 saturated heterocycles. The Kier molecular flexibility index (Phi) is 2.23. The van der Waals surface area contributed by atoms with Crippen LogP contribution in [0.4, 0.5) is 0 Å². The molecule has 3 rings (SSSR count). The van der Waals surface area contributed by atoms with E-state index in [-0.39, 0.29) is 5.41 Å². The van der Waals surface area contributed by atoms with Crippen LogP contribution in [0.3, 0.4) is 0 Å². The van der Waals surface area contributed by atoms with Gasteiger partial charge in [-0.15, -0.1) is 0 Å². The van der Waals surface area contributed by atoms with Crippen LogP contribution < -0.4 is 0 Å². The average molecular weight is 227 g/mol. The van der Waals surface area contributed by atoms with Crippen molar-refractivity contribution in [2.24, 2.45) is 0 Å². The first-order valence-electron chi connectivity index (χ1n) is 6.06. The van der Waals surface area contributed by atoms with Crippen LogP contribution in [0, 0.1) is 0 Å². The summed E-state index contributed by atoms with van der Waals surface area (Å²) in [5, 5.41) is 1.27. The molecule has 0 radical (unpaired) electrons. The Morgan fingerprint density at radius 3 is 2.65 bits per heavy atom. The molecule has 0 spiro atoms. The molecule has 2 aromatic rings. The Morgan fingerprint density at radius 2 is 1.88 bits per heavy atom. The van der Waals surface area contributed by atoms with Gasteiger partial charge in [0.05, 0.1) is 24.4 Å². The fourth-order valence-corrected chi connectivity index (χ4v) is 2.68. The number of nitrogens with zero attached hydrogens (tertiary/aromatic N) is 1. The quantitative estimate of drug-likeness (QED) is 0.686. The number of benzene rings is 1. The minimum Gasteiger partial charge on any atom is -0.370 e. The average Bonchev–Trinajstić information content (AvgIpc) is 2.71. The lowest BCUT2D eigenvalue weighted by Crippen LogP contribution is -2.15. The minimum absolute atomic E-state index is 0.125. The highest BCUT2D eigenvalue weighted by atomic mass is 16.5. The molecule has 1 aliphatic rings. The third kappa shape index (κ3) is 1.64. The molecule has 2 heterocycles. The predicted molar refractivity (Wildman–Crippen MR) is 68.9 cm³/mol. The van der Waals surface area contributed by atoms with Gasteiger partial charge in [0, 0.05) is 10.9 Å². The molecule has 0 atom stereocenters. The lowest BCUT2D eigenvalue weighted by molar-refractivity contribution is 0.132. The lowest BCUT2D eigenvalue weighted by Gasteiger charge is -2.24. The highest BCUT2D eigenvalue weighted by Gasteiger charge is 2.26. The van der Waals surface area contributed by atoms with Crippen LogP contribution in [-0.2, 0) is 23.4 Å². The molecule has 2 heteroatoms. The standard InChI is InChI=1S/C15H17NO/c1-15(2,3)14-10-6-4-5-7-12(10)16-13-9-17-8-11(13)14/h4-7H,8-9H2,1-3H3. The molecule has 0 saturated carbocycles. The summed E-state index contributed by atoms with van der Waals surface area (Å²) in [7, 11) is 0. The van der Waals surface area contributed by atoms with Crippen molar-refractivity contribution in [3.05, 3.63) is 41.1 Å². The molecule has 0 N–H and O–H groups in total. The maximum Gasteiger partial charge on any atom is 0.0896 e. The summed E-state index contributed by atoms with van der Waals surface area (Å²) in [5.41, 5.74) is 5.03. The molecule has 0 unspecified atom stereocenters. The summed E-state index contributed by atoms with van der Waals surface area (Å²) in [6.45, 7) is 8.14. The van der Waals surface area contributed by atoms with Crippen molar-refractivity contribution in [2.45, 2.75) is 39.4 Å². The van der Waals surface area contributed by atoms with Gasteiger partial charge in [0.25, 0.3) is 0 Å². The molecule has 1 aromatic heterocycles. The fourth-order valence-electron chi connectivity index (χ4n) is 2.68. The summed E-state index contributed by atoms with van der Waals surface area (Å²) < 4.78 is 5.56. The van der Waals surface area contributed by atoms with Gasteiger partial charge in [0.15, 0.2) is 0 Å². The fraction of sp³-hybridized carbons (Fsp3) is 0.400. The minimum atomic E-state index is 0.125. The second-order valence-corrected chi connectivity index (χ2v) is 5.67. The predicted octanol–water partition coefficient (Wildman–Crippen LogP) is 3.56. The summed E-state index contributed by atoms with van der Waals surface area (Å²) in [6.07, 6.45) is 0. The maximum absolute atomic E-state index is 5.56. The number of hydrogen-bond donors (Lipinski definition) is 0. The highest BCUT2D eigenvalue weighted by molar-refractivity contribution is 5.85. The summed E-state index contributed by atoms with van der Waals surface area (Å²) in [4.78, 5) is 4.70. The van der Waals surface area contributed by atoms with Gasteiger partial charge in [-0.1, -0.05) is 39.0 Å². The first-order valence-corrected chi connectivity index (χ1v) is 6.06. The van der Waals surface area contributed by atoms with Gasteiger partial charge in [-0.05, 0) is 17.0 Å². The topological polar surface area (TPSA) is 22.1 Å². The molecule has 1 aliphatic heterocycles. The molecule has 88 valence electrons. The molecule has 17 heavy (non-hydrogen) atoms. The Morgan fingerprint density at radius 1 is 1.12 bits per heavy atom. The second kappa shape index (κ2) is 3.54. The Bertz CT molecular complexity index is 581. The molecular formula is C15H17NO. The first kappa shape index (κ1) is 10.7. The van der Waals surface area contributed by atoms with E-state index < -0.39 is 0 Å². The zero-order valence-electron chi connectivity index (χ0n) is 10.6. The van der Waals surface area contributed by atoms with Crippen molar-refractivity contribution >= 4 is 10.9 Å². The monoisotopic (exact) mass is 227 g/mol. The van der Waals surface area contributed by atoms with Gasteiger partial charge < -0.3 is 4.74 Å².